The van der Waals surface area contributed by atoms with Crippen LogP contribution >= 0.6 is 23.4 Å². The van der Waals surface area contributed by atoms with Gasteiger partial charge < -0.3 is 10.0 Å². The van der Waals surface area contributed by atoms with Gasteiger partial charge in [-0.15, -0.1) is 0 Å². The lowest BCUT2D eigenvalue weighted by Crippen LogP contribution is -2.32. The fourth-order valence-electron chi connectivity index (χ4n) is 3.00. The fraction of sp³-hybridized carbons (Fsp3) is 0.333. The molecule has 3 rings (SSSR count). The molecule has 1 aliphatic rings. The highest BCUT2D eigenvalue weighted by Gasteiger charge is 2.38. The van der Waals surface area contributed by atoms with Gasteiger partial charge >= 0.3 is 0 Å². The zero-order valence-electron chi connectivity index (χ0n) is 12.8. The molecule has 1 N–H and O–H groups in total. The maximum atomic E-state index is 11.5. The van der Waals surface area contributed by atoms with E-state index in [1.54, 1.807) is 11.8 Å². The molecular formula is C18H20ClNOS. The van der Waals surface area contributed by atoms with Crippen molar-refractivity contribution in [1.29, 1.82) is 0 Å². The van der Waals surface area contributed by atoms with Crippen LogP contribution in [0.1, 0.15) is 24.0 Å². The molecule has 0 fully saturated rings. The first-order valence-electron chi connectivity index (χ1n) is 7.45. The van der Waals surface area contributed by atoms with Crippen molar-refractivity contribution < 1.29 is 5.11 Å². The van der Waals surface area contributed by atoms with E-state index in [9.17, 15) is 5.11 Å². The molecule has 0 aromatic heterocycles. The molecule has 0 spiro atoms. The van der Waals surface area contributed by atoms with E-state index in [0.717, 1.165) is 33.9 Å². The second-order valence-corrected chi connectivity index (χ2v) is 7.53. The molecule has 0 bridgehead atoms. The third-order valence-corrected chi connectivity index (χ3v) is 5.45. The minimum absolute atomic E-state index is 0.706. The molecule has 2 aromatic carbocycles. The Balaban J connectivity index is 2.04. The summed E-state index contributed by atoms with van der Waals surface area (Å²) in [6.07, 6.45) is 1.64. The maximum absolute atomic E-state index is 11.5. The van der Waals surface area contributed by atoms with Gasteiger partial charge in [0.25, 0.3) is 0 Å². The molecule has 1 aliphatic heterocycles. The van der Waals surface area contributed by atoms with Crippen LogP contribution in [-0.4, -0.2) is 30.6 Å². The lowest BCUT2D eigenvalue weighted by Gasteiger charge is -2.36. The standard InChI is InChI=1S/C18H20ClNOS/c1-20(2)11-5-10-18(21)14-6-3-4-7-16(14)22-17-12-13(19)8-9-15(17)18/h3-4,6-9,12,21H,5,10-11H2,1-2H3. The third kappa shape index (κ3) is 2.91. The number of fused-ring (bicyclic) bond motifs is 2. The van der Waals surface area contributed by atoms with E-state index in [2.05, 4.69) is 25.1 Å². The molecule has 116 valence electrons. The van der Waals surface area contributed by atoms with Gasteiger partial charge in [0.05, 0.1) is 0 Å². The summed E-state index contributed by atoms with van der Waals surface area (Å²) in [6.45, 7) is 0.959. The molecule has 22 heavy (non-hydrogen) atoms. The average molecular weight is 334 g/mol. The minimum Gasteiger partial charge on any atom is -0.380 e. The summed E-state index contributed by atoms with van der Waals surface area (Å²) in [5.41, 5.74) is 1.05. The quantitative estimate of drug-likeness (QED) is 0.898. The summed E-state index contributed by atoms with van der Waals surface area (Å²) in [5.74, 6) is 0. The predicted molar refractivity (Wildman–Crippen MR) is 92.8 cm³/mol. The van der Waals surface area contributed by atoms with Gasteiger partial charge in [0.1, 0.15) is 5.60 Å². The number of hydrogen-bond acceptors (Lipinski definition) is 3. The second kappa shape index (κ2) is 6.25. The molecule has 0 aliphatic carbocycles. The van der Waals surface area contributed by atoms with Gasteiger partial charge in [-0.2, -0.15) is 0 Å². The van der Waals surface area contributed by atoms with Crippen molar-refractivity contribution in [3.8, 4) is 0 Å². The van der Waals surface area contributed by atoms with E-state index in [1.165, 1.54) is 0 Å². The summed E-state index contributed by atoms with van der Waals surface area (Å²) >= 11 is 7.82. The first-order chi connectivity index (χ1) is 10.5. The zero-order chi connectivity index (χ0) is 15.7. The van der Waals surface area contributed by atoms with Crippen LogP contribution in [0, 0.1) is 0 Å². The highest BCUT2D eigenvalue weighted by Crippen LogP contribution is 2.50. The Labute approximate surface area is 141 Å². The van der Waals surface area contributed by atoms with E-state index in [1.807, 2.05) is 36.4 Å². The Morgan fingerprint density at radius 1 is 1.09 bits per heavy atom. The topological polar surface area (TPSA) is 23.5 Å². The zero-order valence-corrected chi connectivity index (χ0v) is 14.4. The molecule has 0 saturated heterocycles. The molecule has 0 amide bonds. The average Bonchev–Trinajstić information content (AvgIpc) is 2.47. The van der Waals surface area contributed by atoms with Gasteiger partial charge in [-0.3, -0.25) is 0 Å². The van der Waals surface area contributed by atoms with Gasteiger partial charge in [-0.1, -0.05) is 47.6 Å². The monoisotopic (exact) mass is 333 g/mol. The van der Waals surface area contributed by atoms with Gasteiger partial charge in [-0.05, 0) is 51.7 Å². The Morgan fingerprint density at radius 3 is 2.59 bits per heavy atom. The molecule has 1 heterocycles. The van der Waals surface area contributed by atoms with E-state index < -0.39 is 5.60 Å². The Morgan fingerprint density at radius 2 is 1.82 bits per heavy atom. The Bertz CT molecular complexity index is 689. The number of aliphatic hydroxyl groups is 1. The largest absolute Gasteiger partial charge is 0.380 e. The summed E-state index contributed by atoms with van der Waals surface area (Å²) in [5, 5.41) is 12.2. The van der Waals surface area contributed by atoms with Crippen molar-refractivity contribution in [3.05, 3.63) is 58.6 Å². The number of rotatable bonds is 4. The number of hydrogen-bond donors (Lipinski definition) is 1. The number of halogens is 1. The Kier molecular flexibility index (Phi) is 4.51. The molecule has 2 aromatic rings. The molecule has 1 unspecified atom stereocenters. The molecule has 4 heteroatoms. The van der Waals surface area contributed by atoms with Crippen LogP contribution in [0.25, 0.3) is 0 Å². The summed E-state index contributed by atoms with van der Waals surface area (Å²) in [7, 11) is 4.12. The molecule has 2 nitrogen and oxygen atoms in total. The van der Waals surface area contributed by atoms with E-state index in [-0.39, 0.29) is 0 Å². The second-order valence-electron chi connectivity index (χ2n) is 6.01. The van der Waals surface area contributed by atoms with Crippen LogP contribution in [0.2, 0.25) is 5.02 Å². The van der Waals surface area contributed by atoms with Crippen LogP contribution in [0.5, 0.6) is 0 Å². The van der Waals surface area contributed by atoms with Gasteiger partial charge in [0.2, 0.25) is 0 Å². The SMILES string of the molecule is CN(C)CCCC1(O)c2ccccc2Sc2cc(Cl)ccc21. The van der Waals surface area contributed by atoms with Crippen molar-refractivity contribution in [2.45, 2.75) is 28.2 Å². The lowest BCUT2D eigenvalue weighted by molar-refractivity contribution is 0.0600. The minimum atomic E-state index is -0.933. The van der Waals surface area contributed by atoms with Crippen molar-refractivity contribution in [2.24, 2.45) is 0 Å². The summed E-state index contributed by atoms with van der Waals surface area (Å²) in [6, 6.07) is 13.9. The van der Waals surface area contributed by atoms with Crippen molar-refractivity contribution >= 4 is 23.4 Å². The van der Waals surface area contributed by atoms with Crippen molar-refractivity contribution in [1.82, 2.24) is 4.90 Å². The van der Waals surface area contributed by atoms with Gasteiger partial charge in [-0.25, -0.2) is 0 Å². The summed E-state index contributed by atoms with van der Waals surface area (Å²) in [4.78, 5) is 4.32. The van der Waals surface area contributed by atoms with Crippen molar-refractivity contribution in [3.63, 3.8) is 0 Å². The molecular weight excluding hydrogens is 314 g/mol. The van der Waals surface area contributed by atoms with E-state index >= 15 is 0 Å². The number of benzene rings is 2. The Hall–Kier alpha value is -1.00. The fourth-order valence-corrected chi connectivity index (χ4v) is 4.50. The van der Waals surface area contributed by atoms with Crippen LogP contribution in [0.15, 0.2) is 52.3 Å². The van der Waals surface area contributed by atoms with Crippen LogP contribution < -0.4 is 0 Å². The first kappa shape index (κ1) is 15.9. The number of nitrogens with zero attached hydrogens (tertiary/aromatic N) is 1. The normalized spacial score (nSPS) is 19.9. The molecule has 0 saturated carbocycles. The van der Waals surface area contributed by atoms with Crippen LogP contribution in [-0.2, 0) is 5.60 Å². The van der Waals surface area contributed by atoms with E-state index in [4.69, 9.17) is 11.6 Å². The van der Waals surface area contributed by atoms with Crippen molar-refractivity contribution in [2.75, 3.05) is 20.6 Å². The lowest BCUT2D eigenvalue weighted by atomic mass is 9.82. The van der Waals surface area contributed by atoms with Gasteiger partial charge in [0.15, 0.2) is 0 Å². The van der Waals surface area contributed by atoms with Gasteiger partial charge in [0, 0.05) is 25.9 Å². The first-order valence-corrected chi connectivity index (χ1v) is 8.64. The third-order valence-electron chi connectivity index (χ3n) is 4.09. The van der Waals surface area contributed by atoms with E-state index in [0.29, 0.717) is 11.4 Å². The van der Waals surface area contributed by atoms with Crippen LogP contribution in [0.4, 0.5) is 0 Å². The highest BCUT2D eigenvalue weighted by molar-refractivity contribution is 7.99. The highest BCUT2D eigenvalue weighted by atomic mass is 35.5. The summed E-state index contributed by atoms with van der Waals surface area (Å²) < 4.78 is 0. The maximum Gasteiger partial charge on any atom is 0.117 e. The molecule has 1 atom stereocenters. The van der Waals surface area contributed by atoms with Crippen LogP contribution in [0.3, 0.4) is 0 Å². The predicted octanol–water partition coefficient (Wildman–Crippen LogP) is 4.38. The molecule has 0 radical (unpaired) electrons. The smallest absolute Gasteiger partial charge is 0.117 e.